The highest BCUT2D eigenvalue weighted by Crippen LogP contribution is 2.30. The fraction of sp³-hybridized carbons (Fsp3) is 0. The molecular weight excluding hydrogens is 475 g/mol. The molecule has 0 unspecified atom stereocenters. The second kappa shape index (κ2) is 5.75. The van der Waals surface area contributed by atoms with Gasteiger partial charge in [-0.15, -0.1) is 0 Å². The van der Waals surface area contributed by atoms with Gasteiger partial charge in [-0.05, 0) is 69.4 Å². The Bertz CT molecular complexity index is 611. The second-order valence-corrected chi connectivity index (χ2v) is 6.51. The van der Waals surface area contributed by atoms with Gasteiger partial charge in [0.25, 0.3) is 0 Å². The van der Waals surface area contributed by atoms with Crippen molar-refractivity contribution >= 4 is 62.5 Å². The van der Waals surface area contributed by atoms with E-state index >= 15 is 0 Å². The highest BCUT2D eigenvalue weighted by Gasteiger charge is 2.13. The van der Waals surface area contributed by atoms with E-state index in [0.717, 1.165) is 9.13 Å². The van der Waals surface area contributed by atoms with Crippen molar-refractivity contribution in [3.8, 4) is 5.75 Å². The number of nitrogens with one attached hydrogen (secondary N) is 1. The van der Waals surface area contributed by atoms with Crippen molar-refractivity contribution < 1.29 is 5.11 Å². The Morgan fingerprint density at radius 3 is 2.33 bits per heavy atom. The third kappa shape index (κ3) is 2.97. The maximum absolute atomic E-state index is 10.00. The Hall–Kier alpha value is -0.340. The van der Waals surface area contributed by atoms with Gasteiger partial charge < -0.3 is 5.11 Å². The average molecular weight is 483 g/mol. The second-order valence-electron chi connectivity index (χ2n) is 3.67. The molecule has 0 heterocycles. The van der Waals surface area contributed by atoms with Crippen LogP contribution in [0.15, 0.2) is 36.4 Å². The molecule has 5 heteroatoms. The zero-order valence-corrected chi connectivity index (χ0v) is 14.1. The third-order valence-electron chi connectivity index (χ3n) is 2.43. The molecule has 0 bridgehead atoms. The van der Waals surface area contributed by atoms with Gasteiger partial charge in [-0.25, -0.2) is 0 Å². The fourth-order valence-electron chi connectivity index (χ4n) is 1.53. The molecule has 0 aliphatic carbocycles. The van der Waals surface area contributed by atoms with E-state index in [2.05, 4.69) is 22.6 Å². The van der Waals surface area contributed by atoms with Gasteiger partial charge in [-0.3, -0.25) is 5.41 Å². The van der Waals surface area contributed by atoms with Crippen molar-refractivity contribution in [1.82, 2.24) is 0 Å². The van der Waals surface area contributed by atoms with E-state index in [4.69, 9.17) is 17.0 Å². The Kier molecular flexibility index (Phi) is 4.50. The standard InChI is InChI=1S/C13H8ClI2NO/c14-8-5-10(13(18)11(16)6-8)12(17)7-1-3-9(15)4-2-7/h1-6,17-18H. The predicted molar refractivity (Wildman–Crippen MR) is 90.9 cm³/mol. The Labute approximate surface area is 137 Å². The van der Waals surface area contributed by atoms with E-state index < -0.39 is 0 Å². The molecule has 2 nitrogen and oxygen atoms in total. The summed E-state index contributed by atoms with van der Waals surface area (Å²) in [5.74, 6) is 0.101. The van der Waals surface area contributed by atoms with Crippen LogP contribution in [0.3, 0.4) is 0 Å². The summed E-state index contributed by atoms with van der Waals surface area (Å²) >= 11 is 10.2. The van der Waals surface area contributed by atoms with Crippen molar-refractivity contribution in [3.63, 3.8) is 0 Å². The Morgan fingerprint density at radius 2 is 1.72 bits per heavy atom. The molecule has 0 atom stereocenters. The molecule has 0 aliphatic rings. The fourth-order valence-corrected chi connectivity index (χ4v) is 2.92. The maximum Gasteiger partial charge on any atom is 0.138 e. The molecule has 2 rings (SSSR count). The molecule has 0 saturated carbocycles. The quantitative estimate of drug-likeness (QED) is 0.473. The van der Waals surface area contributed by atoms with Crippen molar-refractivity contribution in [2.75, 3.05) is 0 Å². The largest absolute Gasteiger partial charge is 0.506 e. The van der Waals surface area contributed by atoms with Crippen molar-refractivity contribution in [3.05, 3.63) is 59.7 Å². The Balaban J connectivity index is 2.49. The lowest BCUT2D eigenvalue weighted by molar-refractivity contribution is 0.470. The number of hydrogen-bond acceptors (Lipinski definition) is 2. The first-order chi connectivity index (χ1) is 8.49. The van der Waals surface area contributed by atoms with Gasteiger partial charge in [0.15, 0.2) is 0 Å². The van der Waals surface area contributed by atoms with Crippen LogP contribution < -0.4 is 0 Å². The molecule has 0 fully saturated rings. The number of hydrogen-bond donors (Lipinski definition) is 2. The number of halogens is 3. The smallest absolute Gasteiger partial charge is 0.138 e. The molecule has 0 spiro atoms. The minimum Gasteiger partial charge on any atom is -0.506 e. The molecule has 0 amide bonds. The average Bonchev–Trinajstić information content (AvgIpc) is 2.34. The summed E-state index contributed by atoms with van der Waals surface area (Å²) in [7, 11) is 0. The Morgan fingerprint density at radius 1 is 1.11 bits per heavy atom. The van der Waals surface area contributed by atoms with Crippen LogP contribution in [0.5, 0.6) is 5.75 Å². The molecular formula is C13H8ClI2NO. The van der Waals surface area contributed by atoms with E-state index in [0.29, 0.717) is 14.2 Å². The third-order valence-corrected chi connectivity index (χ3v) is 4.19. The molecule has 0 aliphatic heterocycles. The lowest BCUT2D eigenvalue weighted by Crippen LogP contribution is -2.02. The predicted octanol–water partition coefficient (Wildman–Crippen LogP) is 4.67. The number of aromatic hydroxyl groups is 1. The molecule has 0 radical (unpaired) electrons. The summed E-state index contributed by atoms with van der Waals surface area (Å²) < 4.78 is 1.75. The van der Waals surface area contributed by atoms with Gasteiger partial charge in [0.05, 0.1) is 9.28 Å². The van der Waals surface area contributed by atoms with Crippen molar-refractivity contribution in [2.24, 2.45) is 0 Å². The van der Waals surface area contributed by atoms with E-state index in [-0.39, 0.29) is 11.5 Å². The van der Waals surface area contributed by atoms with Crippen LogP contribution in [0.2, 0.25) is 5.02 Å². The van der Waals surface area contributed by atoms with Gasteiger partial charge in [0.1, 0.15) is 5.75 Å². The van der Waals surface area contributed by atoms with Crippen molar-refractivity contribution in [2.45, 2.75) is 0 Å². The van der Waals surface area contributed by atoms with Crippen LogP contribution in [0, 0.1) is 12.5 Å². The van der Waals surface area contributed by atoms with Gasteiger partial charge in [0.2, 0.25) is 0 Å². The molecule has 0 saturated heterocycles. The van der Waals surface area contributed by atoms with Gasteiger partial charge >= 0.3 is 0 Å². The summed E-state index contributed by atoms with van der Waals surface area (Å²) in [5.41, 5.74) is 1.47. The molecule has 92 valence electrons. The van der Waals surface area contributed by atoms with Gasteiger partial charge in [-0.2, -0.15) is 0 Å². The summed E-state index contributed by atoms with van der Waals surface area (Å²) in [4.78, 5) is 0. The monoisotopic (exact) mass is 483 g/mol. The maximum atomic E-state index is 10.00. The van der Waals surface area contributed by atoms with Crippen LogP contribution in [-0.2, 0) is 0 Å². The highest BCUT2D eigenvalue weighted by atomic mass is 127. The molecule has 2 aromatic rings. The molecule has 2 aromatic carbocycles. The lowest BCUT2D eigenvalue weighted by atomic mass is 10.0. The number of benzene rings is 2. The normalized spacial score (nSPS) is 10.4. The van der Waals surface area contributed by atoms with Gasteiger partial charge in [-0.1, -0.05) is 23.7 Å². The number of rotatable bonds is 2. The molecule has 0 aromatic heterocycles. The van der Waals surface area contributed by atoms with Crippen LogP contribution in [0.25, 0.3) is 0 Å². The first-order valence-electron chi connectivity index (χ1n) is 5.02. The van der Waals surface area contributed by atoms with Crippen molar-refractivity contribution in [1.29, 1.82) is 5.41 Å². The van der Waals surface area contributed by atoms with E-state index in [9.17, 15) is 5.11 Å². The van der Waals surface area contributed by atoms with Gasteiger partial charge in [0, 0.05) is 19.7 Å². The van der Waals surface area contributed by atoms with E-state index in [1.807, 2.05) is 46.9 Å². The summed E-state index contributed by atoms with van der Waals surface area (Å²) in [6.45, 7) is 0. The SMILES string of the molecule is N=C(c1ccc(I)cc1)c1cc(Cl)cc(I)c1O. The summed E-state index contributed by atoms with van der Waals surface area (Å²) in [6, 6.07) is 10.9. The zero-order chi connectivity index (χ0) is 13.3. The highest BCUT2D eigenvalue weighted by molar-refractivity contribution is 14.1. The van der Waals surface area contributed by atoms with Crippen LogP contribution in [-0.4, -0.2) is 10.8 Å². The first kappa shape index (κ1) is 14.1. The van der Waals surface area contributed by atoms with Crippen LogP contribution >= 0.6 is 56.8 Å². The van der Waals surface area contributed by atoms with E-state index in [1.54, 1.807) is 12.1 Å². The number of phenolic OH excluding ortho intramolecular Hbond substituents is 1. The van der Waals surface area contributed by atoms with E-state index in [1.165, 1.54) is 0 Å². The molecule has 2 N–H and O–H groups in total. The minimum absolute atomic E-state index is 0.101. The summed E-state index contributed by atoms with van der Waals surface area (Å²) in [6.07, 6.45) is 0. The number of phenols is 1. The van der Waals surface area contributed by atoms with Crippen LogP contribution in [0.4, 0.5) is 0 Å². The lowest BCUT2D eigenvalue weighted by Gasteiger charge is -2.09. The topological polar surface area (TPSA) is 44.1 Å². The minimum atomic E-state index is 0.101. The van der Waals surface area contributed by atoms with Crippen LogP contribution in [0.1, 0.15) is 11.1 Å². The first-order valence-corrected chi connectivity index (χ1v) is 7.55. The summed E-state index contributed by atoms with van der Waals surface area (Å²) in [5, 5.41) is 18.7. The zero-order valence-electron chi connectivity index (χ0n) is 9.05. The molecule has 18 heavy (non-hydrogen) atoms.